The van der Waals surface area contributed by atoms with Gasteiger partial charge in [0.1, 0.15) is 0 Å². The van der Waals surface area contributed by atoms with Crippen LogP contribution in [0.2, 0.25) is 0 Å². The highest BCUT2D eigenvalue weighted by atomic mass is 32.2. The second-order valence-electron chi connectivity index (χ2n) is 4.70. The van der Waals surface area contributed by atoms with Gasteiger partial charge in [0.15, 0.2) is 0 Å². The Morgan fingerprint density at radius 1 is 1.40 bits per heavy atom. The van der Waals surface area contributed by atoms with E-state index in [0.717, 1.165) is 25.9 Å². The van der Waals surface area contributed by atoms with Crippen molar-refractivity contribution in [2.75, 3.05) is 19.3 Å². The Balaban J connectivity index is 3.30. The number of hydrogen-bond donors (Lipinski definition) is 1. The smallest absolute Gasteiger partial charge is 0.0683 e. The Morgan fingerprint density at radius 2 is 2.07 bits per heavy atom. The van der Waals surface area contributed by atoms with Crippen molar-refractivity contribution in [1.82, 2.24) is 5.32 Å². The van der Waals surface area contributed by atoms with E-state index in [1.54, 1.807) is 0 Å². The van der Waals surface area contributed by atoms with Crippen molar-refractivity contribution >= 4 is 11.8 Å². The zero-order valence-corrected chi connectivity index (χ0v) is 11.3. The summed E-state index contributed by atoms with van der Waals surface area (Å²) < 4.78 is 0. The first-order valence-corrected chi connectivity index (χ1v) is 6.95. The molecule has 0 aromatic heterocycles. The molecule has 0 aromatic rings. The molecule has 0 aliphatic carbocycles. The molecule has 0 aromatic carbocycles. The monoisotopic (exact) mass is 228 g/mol. The third-order valence-corrected chi connectivity index (χ3v) is 3.51. The van der Waals surface area contributed by atoms with Crippen molar-refractivity contribution < 1.29 is 0 Å². The predicted molar refractivity (Wildman–Crippen MR) is 69.1 cm³/mol. The minimum absolute atomic E-state index is 0.146. The summed E-state index contributed by atoms with van der Waals surface area (Å²) in [5, 5.41) is 13.0. The number of rotatable bonds is 8. The summed E-state index contributed by atoms with van der Waals surface area (Å²) in [5.41, 5.74) is -0.146. The van der Waals surface area contributed by atoms with Crippen LogP contribution >= 0.6 is 11.8 Å². The minimum atomic E-state index is -0.146. The van der Waals surface area contributed by atoms with Crippen LogP contribution in [-0.4, -0.2) is 24.6 Å². The third-order valence-electron chi connectivity index (χ3n) is 2.54. The molecule has 0 radical (unpaired) electrons. The minimum Gasteiger partial charge on any atom is -0.316 e. The number of nitriles is 1. The van der Waals surface area contributed by atoms with Gasteiger partial charge in [-0.15, -0.1) is 0 Å². The van der Waals surface area contributed by atoms with Crippen molar-refractivity contribution in [1.29, 1.82) is 5.26 Å². The first-order valence-electron chi connectivity index (χ1n) is 5.66. The van der Waals surface area contributed by atoms with Crippen LogP contribution in [-0.2, 0) is 0 Å². The van der Waals surface area contributed by atoms with Crippen LogP contribution in [0.3, 0.4) is 0 Å². The van der Waals surface area contributed by atoms with Gasteiger partial charge in [-0.25, -0.2) is 0 Å². The molecule has 0 amide bonds. The molecule has 15 heavy (non-hydrogen) atoms. The van der Waals surface area contributed by atoms with Crippen LogP contribution in [0.1, 0.15) is 40.0 Å². The lowest BCUT2D eigenvalue weighted by Gasteiger charge is -2.14. The van der Waals surface area contributed by atoms with Gasteiger partial charge in [-0.2, -0.15) is 17.0 Å². The van der Waals surface area contributed by atoms with E-state index in [1.807, 2.05) is 25.6 Å². The van der Waals surface area contributed by atoms with Gasteiger partial charge in [-0.05, 0) is 39.5 Å². The zero-order valence-electron chi connectivity index (χ0n) is 10.5. The Bertz CT molecular complexity index is 196. The van der Waals surface area contributed by atoms with Crippen molar-refractivity contribution in [3.63, 3.8) is 0 Å². The van der Waals surface area contributed by atoms with Crippen LogP contribution in [0.25, 0.3) is 0 Å². The van der Waals surface area contributed by atoms with E-state index >= 15 is 0 Å². The second kappa shape index (κ2) is 8.01. The van der Waals surface area contributed by atoms with Gasteiger partial charge in [0.2, 0.25) is 0 Å². The summed E-state index contributed by atoms with van der Waals surface area (Å²) in [4.78, 5) is 0. The van der Waals surface area contributed by atoms with Gasteiger partial charge in [0.25, 0.3) is 0 Å². The van der Waals surface area contributed by atoms with Gasteiger partial charge in [-0.3, -0.25) is 0 Å². The Morgan fingerprint density at radius 3 is 2.60 bits per heavy atom. The molecule has 1 atom stereocenters. The highest BCUT2D eigenvalue weighted by molar-refractivity contribution is 7.99. The number of unbranched alkanes of at least 4 members (excludes halogenated alkanes) is 1. The molecule has 1 N–H and O–H groups in total. The molecule has 0 aliphatic rings. The van der Waals surface area contributed by atoms with Gasteiger partial charge >= 0.3 is 0 Å². The fourth-order valence-electron chi connectivity index (χ4n) is 1.26. The number of hydrogen-bond acceptors (Lipinski definition) is 3. The maximum atomic E-state index is 8.83. The Hall–Kier alpha value is -0.200. The van der Waals surface area contributed by atoms with Crippen LogP contribution in [0.5, 0.6) is 0 Å². The van der Waals surface area contributed by atoms with Gasteiger partial charge in [0.05, 0.1) is 11.5 Å². The van der Waals surface area contributed by atoms with E-state index in [4.69, 9.17) is 5.26 Å². The summed E-state index contributed by atoms with van der Waals surface area (Å²) in [6.45, 7) is 8.41. The van der Waals surface area contributed by atoms with E-state index in [1.165, 1.54) is 6.42 Å². The van der Waals surface area contributed by atoms with Crippen molar-refractivity contribution in [3.05, 3.63) is 0 Å². The van der Waals surface area contributed by atoms with Gasteiger partial charge in [-0.1, -0.05) is 13.3 Å². The molecule has 0 saturated heterocycles. The zero-order chi connectivity index (χ0) is 11.7. The highest BCUT2D eigenvalue weighted by Crippen LogP contribution is 2.21. The van der Waals surface area contributed by atoms with Gasteiger partial charge in [0, 0.05) is 11.8 Å². The third kappa shape index (κ3) is 8.77. The molecule has 0 rings (SSSR count). The average Bonchev–Trinajstić information content (AvgIpc) is 2.22. The first-order chi connectivity index (χ1) is 7.02. The molecule has 88 valence electrons. The van der Waals surface area contributed by atoms with E-state index in [-0.39, 0.29) is 5.41 Å². The fraction of sp³-hybridized carbons (Fsp3) is 0.917. The predicted octanol–water partition coefficient (Wildman–Crippen LogP) is 3.05. The number of nitrogens with one attached hydrogen (secondary N) is 1. The van der Waals surface area contributed by atoms with Crippen LogP contribution in [0, 0.1) is 16.7 Å². The molecule has 2 nitrogen and oxygen atoms in total. The second-order valence-corrected chi connectivity index (χ2v) is 5.98. The normalized spacial score (nSPS) is 13.5. The van der Waals surface area contributed by atoms with Gasteiger partial charge < -0.3 is 5.32 Å². The lowest BCUT2D eigenvalue weighted by atomic mass is 9.89. The molecule has 1 unspecified atom stereocenters. The largest absolute Gasteiger partial charge is 0.316 e. The summed E-state index contributed by atoms with van der Waals surface area (Å²) in [7, 11) is 0. The van der Waals surface area contributed by atoms with Crippen LogP contribution in [0.15, 0.2) is 0 Å². The van der Waals surface area contributed by atoms with Crippen molar-refractivity contribution in [2.45, 2.75) is 45.3 Å². The van der Waals surface area contributed by atoms with Crippen LogP contribution in [0.4, 0.5) is 0 Å². The molecular weight excluding hydrogens is 204 g/mol. The quantitative estimate of drug-likeness (QED) is 0.649. The molecule has 0 spiro atoms. The Labute approximate surface area is 98.8 Å². The average molecular weight is 228 g/mol. The maximum absolute atomic E-state index is 8.83. The van der Waals surface area contributed by atoms with E-state index in [9.17, 15) is 0 Å². The van der Waals surface area contributed by atoms with E-state index < -0.39 is 0 Å². The Kier molecular flexibility index (Phi) is 7.90. The standard InChI is InChI=1S/C12H24N2S/c1-11(15-4)9-14-8-6-5-7-12(2,3)10-13/h11,14H,5-9H2,1-4H3. The number of nitrogens with zero attached hydrogens (tertiary/aromatic N) is 1. The molecule has 0 heterocycles. The molecule has 3 heteroatoms. The fourth-order valence-corrected chi connectivity index (χ4v) is 1.55. The summed E-state index contributed by atoms with van der Waals surface area (Å²) in [6, 6.07) is 2.34. The molecule has 0 aliphatic heterocycles. The molecule has 0 fully saturated rings. The van der Waals surface area contributed by atoms with E-state index in [0.29, 0.717) is 5.25 Å². The first kappa shape index (κ1) is 14.8. The summed E-state index contributed by atoms with van der Waals surface area (Å²) >= 11 is 1.89. The van der Waals surface area contributed by atoms with E-state index in [2.05, 4.69) is 24.6 Å². The lowest BCUT2D eigenvalue weighted by molar-refractivity contribution is 0.423. The topological polar surface area (TPSA) is 35.8 Å². The summed E-state index contributed by atoms with van der Waals surface area (Å²) in [5.74, 6) is 0. The lowest BCUT2D eigenvalue weighted by Crippen LogP contribution is -2.23. The van der Waals surface area contributed by atoms with Crippen LogP contribution < -0.4 is 5.32 Å². The maximum Gasteiger partial charge on any atom is 0.0683 e. The highest BCUT2D eigenvalue weighted by Gasteiger charge is 2.15. The van der Waals surface area contributed by atoms with Crippen molar-refractivity contribution in [2.24, 2.45) is 5.41 Å². The van der Waals surface area contributed by atoms with Crippen molar-refractivity contribution in [3.8, 4) is 6.07 Å². The summed E-state index contributed by atoms with van der Waals surface area (Å²) in [6.07, 6.45) is 5.46. The molecule has 0 bridgehead atoms. The SMILES string of the molecule is CSC(C)CNCCCCC(C)(C)C#N. The molecular formula is C12H24N2S. The number of thioether (sulfide) groups is 1. The molecule has 0 saturated carbocycles.